The Hall–Kier alpha value is -1.86. The van der Waals surface area contributed by atoms with Crippen molar-refractivity contribution >= 4 is 45.3 Å². The van der Waals surface area contributed by atoms with Crippen molar-refractivity contribution in [2.75, 3.05) is 11.9 Å². The van der Waals surface area contributed by atoms with Crippen LogP contribution in [0.25, 0.3) is 10.4 Å². The molecule has 162 valence electrons. The second-order valence-corrected chi connectivity index (χ2v) is 10.9. The minimum absolute atomic E-state index is 0.127. The molecule has 1 aromatic carbocycles. The lowest BCUT2D eigenvalue weighted by atomic mass is 9.96. The van der Waals surface area contributed by atoms with Crippen molar-refractivity contribution in [3.63, 3.8) is 0 Å². The largest absolute Gasteiger partial charge is 0.334 e. The third-order valence-corrected chi connectivity index (χ3v) is 9.12. The van der Waals surface area contributed by atoms with E-state index in [1.54, 1.807) is 11.3 Å². The van der Waals surface area contributed by atoms with Crippen molar-refractivity contribution in [3.05, 3.63) is 61.3 Å². The van der Waals surface area contributed by atoms with Gasteiger partial charge in [-0.15, -0.1) is 22.7 Å². The first-order chi connectivity index (χ1) is 15.1. The summed E-state index contributed by atoms with van der Waals surface area (Å²) in [5, 5.41) is 11.4. The van der Waals surface area contributed by atoms with Gasteiger partial charge in [-0.1, -0.05) is 23.7 Å². The Morgan fingerprint density at radius 2 is 1.87 bits per heavy atom. The van der Waals surface area contributed by atoms with Crippen LogP contribution >= 0.6 is 34.3 Å². The summed E-state index contributed by atoms with van der Waals surface area (Å²) in [6.45, 7) is 4.53. The fourth-order valence-electron chi connectivity index (χ4n) is 4.58. The number of amides is 2. The lowest BCUT2D eigenvalue weighted by Crippen LogP contribution is -2.29. The number of urea groups is 1. The molecule has 0 radical (unpaired) electrons. The van der Waals surface area contributed by atoms with Crippen molar-refractivity contribution in [1.82, 2.24) is 10.6 Å². The van der Waals surface area contributed by atoms with Gasteiger partial charge in [-0.2, -0.15) is 0 Å². The zero-order valence-electron chi connectivity index (χ0n) is 17.6. The number of carbonyl (C=O) groups excluding carboxylic acids is 1. The van der Waals surface area contributed by atoms with Crippen LogP contribution in [0.5, 0.6) is 0 Å². The van der Waals surface area contributed by atoms with E-state index in [4.69, 9.17) is 11.6 Å². The molecule has 0 bridgehead atoms. The molecular formula is C24H26ClN3OS2. The monoisotopic (exact) mass is 471 g/mol. The van der Waals surface area contributed by atoms with Crippen molar-refractivity contribution in [2.45, 2.75) is 52.1 Å². The van der Waals surface area contributed by atoms with E-state index < -0.39 is 0 Å². The number of rotatable bonds is 4. The summed E-state index contributed by atoms with van der Waals surface area (Å²) in [5.41, 5.74) is 6.48. The maximum absolute atomic E-state index is 12.8. The minimum atomic E-state index is -0.127. The average Bonchev–Trinajstić information content (AvgIpc) is 3.31. The van der Waals surface area contributed by atoms with E-state index in [-0.39, 0.29) is 6.03 Å². The van der Waals surface area contributed by atoms with Crippen LogP contribution < -0.4 is 16.0 Å². The molecule has 5 rings (SSSR count). The highest BCUT2D eigenvalue weighted by molar-refractivity contribution is 7.16. The zero-order valence-corrected chi connectivity index (χ0v) is 20.0. The summed E-state index contributed by atoms with van der Waals surface area (Å²) < 4.78 is 0. The molecule has 1 aliphatic carbocycles. The molecule has 0 spiro atoms. The predicted octanol–water partition coefficient (Wildman–Crippen LogP) is 6.28. The Bertz CT molecular complexity index is 1120. The topological polar surface area (TPSA) is 53.2 Å². The highest BCUT2D eigenvalue weighted by Crippen LogP contribution is 2.39. The number of halogens is 1. The van der Waals surface area contributed by atoms with E-state index in [0.29, 0.717) is 6.54 Å². The quantitative estimate of drug-likeness (QED) is 0.419. The smallest absolute Gasteiger partial charge is 0.320 e. The number of carbonyl (C=O) groups is 1. The molecule has 0 atom stereocenters. The second kappa shape index (κ2) is 8.94. The van der Waals surface area contributed by atoms with E-state index in [1.807, 2.05) is 23.5 Å². The second-order valence-electron chi connectivity index (χ2n) is 8.22. The van der Waals surface area contributed by atoms with Gasteiger partial charge >= 0.3 is 6.03 Å². The van der Waals surface area contributed by atoms with Gasteiger partial charge in [0, 0.05) is 32.7 Å². The summed E-state index contributed by atoms with van der Waals surface area (Å²) in [7, 11) is 0. The van der Waals surface area contributed by atoms with Gasteiger partial charge < -0.3 is 10.6 Å². The van der Waals surface area contributed by atoms with Crippen LogP contribution in [0.15, 0.2) is 24.3 Å². The number of anilines is 1. The molecule has 31 heavy (non-hydrogen) atoms. The molecule has 0 unspecified atom stereocenters. The fourth-order valence-corrected chi connectivity index (χ4v) is 7.34. The van der Waals surface area contributed by atoms with Crippen molar-refractivity contribution < 1.29 is 4.79 Å². The van der Waals surface area contributed by atoms with E-state index >= 15 is 0 Å². The molecule has 3 heterocycles. The number of nitrogens with one attached hydrogen (secondary N) is 3. The van der Waals surface area contributed by atoms with Gasteiger partial charge in [-0.05, 0) is 85.5 Å². The van der Waals surface area contributed by atoms with E-state index in [9.17, 15) is 4.79 Å². The third kappa shape index (κ3) is 4.27. The highest BCUT2D eigenvalue weighted by atomic mass is 35.5. The third-order valence-electron chi connectivity index (χ3n) is 6.23. The van der Waals surface area contributed by atoms with E-state index in [1.165, 1.54) is 49.7 Å². The number of thiophene rings is 2. The summed E-state index contributed by atoms with van der Waals surface area (Å²) in [4.78, 5) is 16.8. The van der Waals surface area contributed by atoms with Crippen molar-refractivity contribution in [3.8, 4) is 10.4 Å². The molecule has 2 aliphatic rings. The van der Waals surface area contributed by atoms with Crippen molar-refractivity contribution in [2.24, 2.45) is 0 Å². The van der Waals surface area contributed by atoms with Gasteiger partial charge in [0.25, 0.3) is 0 Å². The predicted molar refractivity (Wildman–Crippen MR) is 132 cm³/mol. The SMILES string of the molecule is Cc1c(NC(=O)NCc2c(-c3ccc(Cl)cc3)sc3c2CCNC3)sc2c1CCCC2. The van der Waals surface area contributed by atoms with Gasteiger partial charge in [-0.25, -0.2) is 4.79 Å². The van der Waals surface area contributed by atoms with Crippen LogP contribution in [-0.4, -0.2) is 12.6 Å². The molecule has 0 saturated heterocycles. The van der Waals surface area contributed by atoms with Crippen LogP contribution in [-0.2, 0) is 32.4 Å². The Balaban J connectivity index is 1.35. The Morgan fingerprint density at radius 1 is 1.06 bits per heavy atom. The molecule has 3 aromatic rings. The number of aryl methyl sites for hydroxylation is 1. The van der Waals surface area contributed by atoms with Crippen LogP contribution in [0.3, 0.4) is 0 Å². The number of fused-ring (bicyclic) bond motifs is 2. The van der Waals surface area contributed by atoms with Gasteiger partial charge in [0.05, 0.1) is 5.00 Å². The first-order valence-corrected chi connectivity index (χ1v) is 12.9. The Morgan fingerprint density at radius 3 is 2.68 bits per heavy atom. The molecule has 4 nitrogen and oxygen atoms in total. The lowest BCUT2D eigenvalue weighted by Gasteiger charge is -2.15. The Kier molecular flexibility index (Phi) is 6.06. The van der Waals surface area contributed by atoms with Crippen LogP contribution in [0.4, 0.5) is 9.80 Å². The molecule has 2 aromatic heterocycles. The molecule has 1 aliphatic heterocycles. The first-order valence-electron chi connectivity index (χ1n) is 10.9. The lowest BCUT2D eigenvalue weighted by molar-refractivity contribution is 0.252. The summed E-state index contributed by atoms with van der Waals surface area (Å²) in [6.07, 6.45) is 5.78. The molecule has 2 amide bonds. The van der Waals surface area contributed by atoms with Crippen LogP contribution in [0.2, 0.25) is 5.02 Å². The molecule has 3 N–H and O–H groups in total. The van der Waals surface area contributed by atoms with E-state index in [0.717, 1.165) is 47.9 Å². The standard InChI is InChI=1S/C24H26ClN3OS2/c1-14-17-4-2-3-5-20(17)31-23(14)28-24(29)27-12-19-18-10-11-26-13-21(18)30-22(19)15-6-8-16(25)9-7-15/h6-9,26H,2-5,10-13H2,1H3,(H2,27,28,29). The Labute approximate surface area is 196 Å². The van der Waals surface area contributed by atoms with Gasteiger partial charge in [-0.3, -0.25) is 5.32 Å². The minimum Gasteiger partial charge on any atom is -0.334 e. The van der Waals surface area contributed by atoms with Crippen LogP contribution in [0.1, 0.15) is 44.8 Å². The molecule has 7 heteroatoms. The maximum Gasteiger partial charge on any atom is 0.320 e. The summed E-state index contributed by atoms with van der Waals surface area (Å²) in [5.74, 6) is 0. The highest BCUT2D eigenvalue weighted by Gasteiger charge is 2.23. The summed E-state index contributed by atoms with van der Waals surface area (Å²) >= 11 is 9.67. The number of hydrogen-bond acceptors (Lipinski definition) is 4. The molecule has 0 saturated carbocycles. The molecule has 0 fully saturated rings. The number of hydrogen-bond donors (Lipinski definition) is 3. The van der Waals surface area contributed by atoms with Crippen molar-refractivity contribution in [1.29, 1.82) is 0 Å². The molecular weight excluding hydrogens is 446 g/mol. The van der Waals surface area contributed by atoms with Gasteiger partial charge in [0.1, 0.15) is 0 Å². The van der Waals surface area contributed by atoms with E-state index in [2.05, 4.69) is 35.0 Å². The normalized spacial score (nSPS) is 15.3. The fraction of sp³-hybridized carbons (Fsp3) is 0.375. The number of benzene rings is 1. The zero-order chi connectivity index (χ0) is 21.4. The maximum atomic E-state index is 12.8. The van der Waals surface area contributed by atoms with Gasteiger partial charge in [0.15, 0.2) is 0 Å². The average molecular weight is 472 g/mol. The summed E-state index contributed by atoms with van der Waals surface area (Å²) in [6, 6.07) is 7.86. The van der Waals surface area contributed by atoms with Crippen LogP contribution in [0, 0.1) is 6.92 Å². The van der Waals surface area contributed by atoms with Gasteiger partial charge in [0.2, 0.25) is 0 Å². The first kappa shape index (κ1) is 21.0.